The highest BCUT2D eigenvalue weighted by molar-refractivity contribution is 6.33. The van der Waals surface area contributed by atoms with Crippen LogP contribution in [-0.4, -0.2) is 27.9 Å². The van der Waals surface area contributed by atoms with Crippen LogP contribution < -0.4 is 10.6 Å². The Morgan fingerprint density at radius 3 is 2.42 bits per heavy atom. The minimum atomic E-state index is -0.241. The third-order valence-electron chi connectivity index (χ3n) is 4.85. The Morgan fingerprint density at radius 1 is 0.903 bits per heavy atom. The lowest BCUT2D eigenvalue weighted by Crippen LogP contribution is -2.27. The van der Waals surface area contributed by atoms with Crippen LogP contribution in [0.2, 0.25) is 5.02 Å². The molecule has 0 aliphatic rings. The Bertz CT molecular complexity index is 1220. The summed E-state index contributed by atoms with van der Waals surface area (Å²) in [7, 11) is 0. The number of imidazole rings is 1. The molecular weight excluding hydrogens is 412 g/mol. The number of carbonyl (C=O) groups excluding carboxylic acids is 2. The molecule has 156 valence electrons. The van der Waals surface area contributed by atoms with Crippen molar-refractivity contribution in [3.63, 3.8) is 0 Å². The van der Waals surface area contributed by atoms with E-state index in [1.165, 1.54) is 0 Å². The molecule has 1 aromatic heterocycles. The molecule has 4 aromatic rings. The molecule has 6 nitrogen and oxygen atoms in total. The second-order valence-electron chi connectivity index (χ2n) is 7.00. The molecule has 31 heavy (non-hydrogen) atoms. The van der Waals surface area contributed by atoms with Gasteiger partial charge in [0.25, 0.3) is 5.91 Å². The molecule has 0 aliphatic heterocycles. The lowest BCUT2D eigenvalue weighted by atomic mass is 10.2. The van der Waals surface area contributed by atoms with Gasteiger partial charge >= 0.3 is 0 Å². The zero-order valence-electron chi connectivity index (χ0n) is 16.7. The highest BCUT2D eigenvalue weighted by Crippen LogP contribution is 2.18. The minimum absolute atomic E-state index is 0.128. The Labute approximate surface area is 184 Å². The van der Waals surface area contributed by atoms with E-state index in [0.29, 0.717) is 23.6 Å². The number of nitrogens with zero attached hydrogens (tertiary/aromatic N) is 2. The molecule has 0 radical (unpaired) electrons. The van der Waals surface area contributed by atoms with Crippen LogP contribution >= 0.6 is 11.6 Å². The molecule has 3 aromatic carbocycles. The Balaban J connectivity index is 1.48. The zero-order valence-corrected chi connectivity index (χ0v) is 17.5. The molecule has 0 atom stereocenters. The van der Waals surface area contributed by atoms with Crippen LogP contribution in [0, 0.1) is 0 Å². The summed E-state index contributed by atoms with van der Waals surface area (Å²) < 4.78 is 1.88. The lowest BCUT2D eigenvalue weighted by molar-refractivity contribution is -0.116. The first-order chi connectivity index (χ1) is 15.1. The van der Waals surface area contributed by atoms with Crippen LogP contribution in [0.5, 0.6) is 0 Å². The van der Waals surface area contributed by atoms with Gasteiger partial charge in [-0.2, -0.15) is 0 Å². The summed E-state index contributed by atoms with van der Waals surface area (Å²) in [6.07, 6.45) is 0.476. The molecule has 0 spiro atoms. The molecule has 0 saturated carbocycles. The Kier molecular flexibility index (Phi) is 6.29. The van der Waals surface area contributed by atoms with Crippen LogP contribution in [0.3, 0.4) is 0 Å². The van der Waals surface area contributed by atoms with Gasteiger partial charge in [0.1, 0.15) is 12.4 Å². The number of hydrogen-bond acceptors (Lipinski definition) is 3. The van der Waals surface area contributed by atoms with Gasteiger partial charge < -0.3 is 15.2 Å². The first-order valence-corrected chi connectivity index (χ1v) is 10.3. The van der Waals surface area contributed by atoms with Crippen LogP contribution in [-0.2, 0) is 17.8 Å². The molecule has 0 fully saturated rings. The van der Waals surface area contributed by atoms with Crippen LogP contribution in [0.4, 0.5) is 5.69 Å². The summed E-state index contributed by atoms with van der Waals surface area (Å²) in [4.78, 5) is 29.7. The third-order valence-corrected chi connectivity index (χ3v) is 5.18. The maximum atomic E-state index is 12.6. The summed E-state index contributed by atoms with van der Waals surface area (Å²) in [5.74, 6) is 0.342. The van der Waals surface area contributed by atoms with Crippen molar-refractivity contribution in [2.75, 3.05) is 11.9 Å². The predicted molar refractivity (Wildman–Crippen MR) is 122 cm³/mol. The second kappa shape index (κ2) is 9.45. The van der Waals surface area contributed by atoms with E-state index in [1.807, 2.05) is 59.2 Å². The molecular formula is C24H21ClN4O2. The number of halogens is 1. The molecule has 0 aliphatic carbocycles. The molecule has 2 amide bonds. The van der Waals surface area contributed by atoms with Crippen LogP contribution in [0.25, 0.3) is 11.0 Å². The number of aromatic nitrogens is 2. The first-order valence-electron chi connectivity index (χ1n) is 9.93. The lowest BCUT2D eigenvalue weighted by Gasteiger charge is -2.11. The minimum Gasteiger partial charge on any atom is -0.352 e. The van der Waals surface area contributed by atoms with Gasteiger partial charge in [-0.15, -0.1) is 0 Å². The molecule has 0 saturated heterocycles. The molecule has 0 bridgehead atoms. The molecule has 2 N–H and O–H groups in total. The van der Waals surface area contributed by atoms with E-state index in [4.69, 9.17) is 11.6 Å². The number of benzene rings is 3. The van der Waals surface area contributed by atoms with Gasteiger partial charge in [0.15, 0.2) is 0 Å². The van der Waals surface area contributed by atoms with Gasteiger partial charge in [-0.05, 0) is 36.4 Å². The smallest absolute Gasteiger partial charge is 0.252 e. The van der Waals surface area contributed by atoms with Crippen molar-refractivity contribution in [2.24, 2.45) is 0 Å². The maximum Gasteiger partial charge on any atom is 0.252 e. The Hall–Kier alpha value is -3.64. The average Bonchev–Trinajstić information content (AvgIpc) is 3.12. The third kappa shape index (κ3) is 4.92. The van der Waals surface area contributed by atoms with Crippen molar-refractivity contribution in [3.05, 3.63) is 95.3 Å². The SMILES string of the molecule is O=C(Cn1c(CCNC(=O)c2ccccc2Cl)nc2ccccc21)Nc1ccccc1. The Morgan fingerprint density at radius 2 is 1.61 bits per heavy atom. The molecule has 1 heterocycles. The summed E-state index contributed by atoms with van der Waals surface area (Å²) in [6, 6.07) is 23.9. The van der Waals surface area contributed by atoms with Crippen molar-refractivity contribution in [1.82, 2.24) is 14.9 Å². The number of amides is 2. The van der Waals surface area contributed by atoms with Crippen molar-refractivity contribution in [3.8, 4) is 0 Å². The largest absolute Gasteiger partial charge is 0.352 e. The summed E-state index contributed by atoms with van der Waals surface area (Å²) in [6.45, 7) is 0.497. The fourth-order valence-electron chi connectivity index (χ4n) is 3.39. The van der Waals surface area contributed by atoms with Gasteiger partial charge in [0, 0.05) is 18.7 Å². The number of rotatable bonds is 7. The fraction of sp³-hybridized carbons (Fsp3) is 0.125. The zero-order chi connectivity index (χ0) is 21.6. The van der Waals surface area contributed by atoms with Crippen molar-refractivity contribution >= 4 is 40.1 Å². The predicted octanol–water partition coefficient (Wildman–Crippen LogP) is 4.30. The van der Waals surface area contributed by atoms with Crippen molar-refractivity contribution in [1.29, 1.82) is 0 Å². The number of hydrogen-bond donors (Lipinski definition) is 2. The standard InChI is InChI=1S/C24H21ClN4O2/c25-19-11-5-4-10-18(19)24(31)26-15-14-22-28-20-12-6-7-13-21(20)29(22)16-23(30)27-17-8-2-1-3-9-17/h1-13H,14-16H2,(H,26,31)(H,27,30). The molecule has 4 rings (SSSR count). The van der Waals surface area contributed by atoms with Gasteiger partial charge in [0.05, 0.1) is 21.6 Å². The summed E-state index contributed by atoms with van der Waals surface area (Å²) in [5, 5.41) is 6.19. The highest BCUT2D eigenvalue weighted by Gasteiger charge is 2.15. The summed E-state index contributed by atoms with van der Waals surface area (Å²) >= 11 is 6.10. The molecule has 0 unspecified atom stereocenters. The van der Waals surface area contributed by atoms with Gasteiger partial charge in [-0.1, -0.05) is 54.1 Å². The number of nitrogens with one attached hydrogen (secondary N) is 2. The normalized spacial score (nSPS) is 10.7. The number of anilines is 1. The van der Waals surface area contributed by atoms with Gasteiger partial charge in [-0.25, -0.2) is 4.98 Å². The first kappa shape index (κ1) is 20.6. The average molecular weight is 433 g/mol. The van der Waals surface area contributed by atoms with E-state index >= 15 is 0 Å². The number of para-hydroxylation sites is 3. The molecule has 7 heteroatoms. The topological polar surface area (TPSA) is 76.0 Å². The fourth-order valence-corrected chi connectivity index (χ4v) is 3.61. The van der Waals surface area contributed by atoms with Crippen LogP contribution in [0.15, 0.2) is 78.9 Å². The summed E-state index contributed by atoms with van der Waals surface area (Å²) in [5.41, 5.74) is 2.85. The monoisotopic (exact) mass is 432 g/mol. The van der Waals surface area contributed by atoms with Crippen molar-refractivity contribution < 1.29 is 9.59 Å². The maximum absolute atomic E-state index is 12.6. The quantitative estimate of drug-likeness (QED) is 0.457. The van der Waals surface area contributed by atoms with Gasteiger partial charge in [-0.3, -0.25) is 9.59 Å². The van der Waals surface area contributed by atoms with E-state index in [2.05, 4.69) is 15.6 Å². The highest BCUT2D eigenvalue weighted by atomic mass is 35.5. The van der Waals surface area contributed by atoms with Gasteiger partial charge in [0.2, 0.25) is 5.91 Å². The van der Waals surface area contributed by atoms with Crippen molar-refractivity contribution in [2.45, 2.75) is 13.0 Å². The van der Waals surface area contributed by atoms with Crippen LogP contribution in [0.1, 0.15) is 16.2 Å². The van der Waals surface area contributed by atoms with E-state index < -0.39 is 0 Å². The van der Waals surface area contributed by atoms with E-state index in [9.17, 15) is 9.59 Å². The van der Waals surface area contributed by atoms with E-state index in [1.54, 1.807) is 24.3 Å². The second-order valence-corrected chi connectivity index (χ2v) is 7.41. The number of carbonyl (C=O) groups is 2. The number of fused-ring (bicyclic) bond motifs is 1. The van der Waals surface area contributed by atoms with E-state index in [-0.39, 0.29) is 18.4 Å². The van der Waals surface area contributed by atoms with E-state index in [0.717, 1.165) is 22.5 Å².